The van der Waals surface area contributed by atoms with E-state index in [1.165, 1.54) is 0 Å². The van der Waals surface area contributed by atoms with Crippen LogP contribution in [0.2, 0.25) is 0 Å². The summed E-state index contributed by atoms with van der Waals surface area (Å²) in [6.45, 7) is 0. The van der Waals surface area contributed by atoms with E-state index >= 15 is 0 Å². The molecule has 9 rings (SSSR count). The molecule has 0 N–H and O–H groups in total. The lowest BCUT2D eigenvalue weighted by Crippen LogP contribution is -2.05. The smallest absolute Gasteiger partial charge is 0.158 e. The van der Waals surface area contributed by atoms with Gasteiger partial charge in [0.15, 0.2) is 9.84 Å². The molecular weight excluding hydrogens is 613 g/mol. The van der Waals surface area contributed by atoms with Crippen LogP contribution in [0.1, 0.15) is 11.1 Å². The van der Waals surface area contributed by atoms with Crippen LogP contribution in [0.25, 0.3) is 77.6 Å². The fourth-order valence-electron chi connectivity index (χ4n) is 6.89. The Kier molecular flexibility index (Phi) is 6.59. The summed E-state index contributed by atoms with van der Waals surface area (Å²) in [4.78, 5) is 8.72. The second-order valence-corrected chi connectivity index (χ2v) is 14.4. The van der Waals surface area contributed by atoms with Gasteiger partial charge >= 0.3 is 0 Å². The highest BCUT2D eigenvalue weighted by Crippen LogP contribution is 2.41. The summed E-state index contributed by atoms with van der Waals surface area (Å²) in [7, 11) is -3.36. The van der Waals surface area contributed by atoms with Crippen molar-refractivity contribution in [1.29, 1.82) is 0 Å². The Balaban J connectivity index is 1.21. The topological polar surface area (TPSA) is 73.1 Å². The fraction of sp³-hybridized carbons (Fsp3) is 0.0476. The summed E-state index contributed by atoms with van der Waals surface area (Å²) in [6, 6.07) is 41.1. The highest BCUT2D eigenvalue weighted by Gasteiger charge is 2.25. The molecule has 1 aliphatic rings. The highest BCUT2D eigenvalue weighted by molar-refractivity contribution is 7.89. The third-order valence-electron chi connectivity index (χ3n) is 9.23. The molecule has 3 aromatic heterocycles. The van der Waals surface area contributed by atoms with Crippen LogP contribution >= 0.6 is 0 Å². The van der Waals surface area contributed by atoms with E-state index in [9.17, 15) is 8.42 Å². The monoisotopic (exact) mass is 640 g/mol. The number of rotatable bonds is 4. The number of sulfone groups is 1. The summed E-state index contributed by atoms with van der Waals surface area (Å²) in [6.07, 6.45) is 7.29. The lowest BCUT2D eigenvalue weighted by Gasteiger charge is -2.15. The van der Waals surface area contributed by atoms with E-state index in [-0.39, 0.29) is 11.5 Å². The zero-order valence-electron chi connectivity index (χ0n) is 25.8. The summed E-state index contributed by atoms with van der Waals surface area (Å²) in [5, 5.41) is 2.13. The number of para-hydroxylation sites is 1. The van der Waals surface area contributed by atoms with Crippen molar-refractivity contribution in [2.75, 3.05) is 0 Å². The average Bonchev–Trinajstić information content (AvgIpc) is 3.45. The van der Waals surface area contributed by atoms with Crippen molar-refractivity contribution in [3.05, 3.63) is 157 Å². The Hall–Kier alpha value is -5.85. The molecule has 0 aliphatic carbocycles. The van der Waals surface area contributed by atoms with Crippen molar-refractivity contribution in [3.8, 4) is 55.6 Å². The standard InChI is InChI=1S/C42H28N2O3S/c45-48(46)25-32-11-9-27(28-13-14-42-40(22-28)37-7-1-2-8-41(37)47-42)20-38(32)39-21-29(10-12-33(39)26-48)34-17-35(30-5-3-15-43-23-30)19-36(18-34)31-6-4-16-44-24-31/h1-24H,25-26H2. The molecule has 48 heavy (non-hydrogen) atoms. The molecule has 0 saturated heterocycles. The second kappa shape index (κ2) is 11.1. The van der Waals surface area contributed by atoms with Gasteiger partial charge in [0, 0.05) is 46.7 Å². The maximum atomic E-state index is 13.3. The Bertz CT molecular complexity index is 2570. The number of fused-ring (bicyclic) bond motifs is 6. The van der Waals surface area contributed by atoms with Gasteiger partial charge in [-0.3, -0.25) is 9.97 Å². The molecule has 0 radical (unpaired) electrons. The molecule has 1 aliphatic heterocycles. The van der Waals surface area contributed by atoms with Gasteiger partial charge in [0.25, 0.3) is 0 Å². The maximum Gasteiger partial charge on any atom is 0.158 e. The van der Waals surface area contributed by atoms with E-state index < -0.39 is 9.84 Å². The summed E-state index contributed by atoms with van der Waals surface area (Å²) in [5.41, 5.74) is 13.4. The van der Waals surface area contributed by atoms with Crippen LogP contribution in [0, 0.1) is 0 Å². The predicted octanol–water partition coefficient (Wildman–Crippen LogP) is 10.1. The molecule has 0 amide bonds. The SMILES string of the molecule is O=S1(=O)Cc2ccc(-c3cc(-c4cccnc4)cc(-c4cccnc4)c3)cc2-c2cc(-c3ccc4oc5ccccc5c4c3)ccc2C1. The van der Waals surface area contributed by atoms with Gasteiger partial charge < -0.3 is 4.42 Å². The average molecular weight is 641 g/mol. The second-order valence-electron chi connectivity index (χ2n) is 12.4. The number of hydrogen-bond donors (Lipinski definition) is 0. The van der Waals surface area contributed by atoms with E-state index in [1.54, 1.807) is 12.4 Å². The van der Waals surface area contributed by atoms with Crippen LogP contribution in [-0.4, -0.2) is 18.4 Å². The van der Waals surface area contributed by atoms with E-state index in [0.717, 1.165) is 88.7 Å². The minimum Gasteiger partial charge on any atom is -0.456 e. The molecule has 0 bridgehead atoms. The molecule has 6 heteroatoms. The molecule has 230 valence electrons. The first-order valence-corrected chi connectivity index (χ1v) is 17.6. The zero-order chi connectivity index (χ0) is 32.2. The lowest BCUT2D eigenvalue weighted by atomic mass is 9.89. The number of furan rings is 1. The molecule has 0 unspecified atom stereocenters. The minimum absolute atomic E-state index is 0.000320. The Morgan fingerprint density at radius 3 is 1.58 bits per heavy atom. The molecule has 0 fully saturated rings. The Morgan fingerprint density at radius 1 is 0.458 bits per heavy atom. The van der Waals surface area contributed by atoms with Crippen molar-refractivity contribution < 1.29 is 12.8 Å². The number of aromatic nitrogens is 2. The van der Waals surface area contributed by atoms with Crippen LogP contribution < -0.4 is 0 Å². The Morgan fingerprint density at radius 2 is 0.979 bits per heavy atom. The van der Waals surface area contributed by atoms with Crippen LogP contribution in [0.3, 0.4) is 0 Å². The van der Waals surface area contributed by atoms with E-state index in [4.69, 9.17) is 4.42 Å². The van der Waals surface area contributed by atoms with E-state index in [2.05, 4.69) is 70.6 Å². The summed E-state index contributed by atoms with van der Waals surface area (Å²) >= 11 is 0. The first kappa shape index (κ1) is 28.4. The van der Waals surface area contributed by atoms with Crippen LogP contribution in [0.5, 0.6) is 0 Å². The van der Waals surface area contributed by atoms with Gasteiger partial charge in [0.05, 0.1) is 11.5 Å². The van der Waals surface area contributed by atoms with Gasteiger partial charge in [-0.05, 0) is 116 Å². The number of pyridine rings is 2. The molecule has 0 spiro atoms. The molecular formula is C42H28N2O3S. The summed E-state index contributed by atoms with van der Waals surface area (Å²) < 4.78 is 32.7. The minimum atomic E-state index is -3.36. The van der Waals surface area contributed by atoms with Gasteiger partial charge in [-0.1, -0.05) is 60.7 Å². The normalized spacial score (nSPS) is 13.6. The van der Waals surface area contributed by atoms with Crippen molar-refractivity contribution in [2.24, 2.45) is 0 Å². The van der Waals surface area contributed by atoms with E-state index in [0.29, 0.717) is 0 Å². The van der Waals surface area contributed by atoms with Crippen molar-refractivity contribution in [2.45, 2.75) is 11.5 Å². The van der Waals surface area contributed by atoms with Gasteiger partial charge in [-0.2, -0.15) is 0 Å². The maximum absolute atomic E-state index is 13.3. The first-order chi connectivity index (χ1) is 23.5. The van der Waals surface area contributed by atoms with Gasteiger partial charge in [-0.15, -0.1) is 0 Å². The van der Waals surface area contributed by atoms with Gasteiger partial charge in [0.2, 0.25) is 0 Å². The zero-order valence-corrected chi connectivity index (χ0v) is 26.6. The van der Waals surface area contributed by atoms with Crippen LogP contribution in [-0.2, 0) is 21.3 Å². The molecule has 5 aromatic carbocycles. The quantitative estimate of drug-likeness (QED) is 0.191. The number of benzene rings is 5. The van der Waals surface area contributed by atoms with E-state index in [1.807, 2.05) is 73.1 Å². The molecule has 5 nitrogen and oxygen atoms in total. The molecule has 0 atom stereocenters. The molecule has 4 heterocycles. The van der Waals surface area contributed by atoms with Gasteiger partial charge in [-0.25, -0.2) is 8.42 Å². The number of nitrogens with zero attached hydrogens (tertiary/aromatic N) is 2. The first-order valence-electron chi connectivity index (χ1n) is 15.8. The molecule has 8 aromatic rings. The fourth-order valence-corrected chi connectivity index (χ4v) is 8.44. The Labute approximate surface area is 278 Å². The summed E-state index contributed by atoms with van der Waals surface area (Å²) in [5.74, 6) is -0.00404. The van der Waals surface area contributed by atoms with Crippen molar-refractivity contribution in [1.82, 2.24) is 9.97 Å². The van der Waals surface area contributed by atoms with Gasteiger partial charge in [0.1, 0.15) is 11.2 Å². The highest BCUT2D eigenvalue weighted by atomic mass is 32.2. The third kappa shape index (κ3) is 5.07. The predicted molar refractivity (Wildman–Crippen MR) is 193 cm³/mol. The largest absolute Gasteiger partial charge is 0.456 e. The third-order valence-corrected chi connectivity index (χ3v) is 10.7. The molecule has 0 saturated carbocycles. The lowest BCUT2D eigenvalue weighted by molar-refractivity contribution is 0.595. The van der Waals surface area contributed by atoms with Crippen molar-refractivity contribution >= 4 is 31.8 Å². The van der Waals surface area contributed by atoms with Crippen LogP contribution in [0.4, 0.5) is 0 Å². The number of hydrogen-bond acceptors (Lipinski definition) is 5. The van der Waals surface area contributed by atoms with Crippen LogP contribution in [0.15, 0.2) is 151 Å². The van der Waals surface area contributed by atoms with Crippen molar-refractivity contribution in [3.63, 3.8) is 0 Å².